The summed E-state index contributed by atoms with van der Waals surface area (Å²) >= 11 is 3.42. The molecule has 0 atom stereocenters. The van der Waals surface area contributed by atoms with Gasteiger partial charge < -0.3 is 10.2 Å². The van der Waals surface area contributed by atoms with Crippen molar-refractivity contribution >= 4 is 21.7 Å². The Bertz CT molecular complexity index is 366. The van der Waals surface area contributed by atoms with Gasteiger partial charge in [0.15, 0.2) is 0 Å². The van der Waals surface area contributed by atoms with Gasteiger partial charge in [-0.25, -0.2) is 4.98 Å². The molecule has 4 heteroatoms. The first-order valence-electron chi connectivity index (χ1n) is 6.57. The summed E-state index contributed by atoms with van der Waals surface area (Å²) in [6, 6.07) is 2.72. The van der Waals surface area contributed by atoms with Crippen LogP contribution < -0.4 is 5.32 Å². The van der Waals surface area contributed by atoms with Crippen LogP contribution in [0.5, 0.6) is 0 Å². The average molecular weight is 314 g/mol. The Hall–Kier alpha value is -0.610. The predicted octanol–water partition coefficient (Wildman–Crippen LogP) is 3.68. The highest BCUT2D eigenvalue weighted by Crippen LogP contribution is 2.16. The molecule has 0 saturated heterocycles. The summed E-state index contributed by atoms with van der Waals surface area (Å²) < 4.78 is 1.03. The monoisotopic (exact) mass is 313 g/mol. The number of unbranched alkanes of at least 4 members (excludes halogenated alkanes) is 1. The van der Waals surface area contributed by atoms with Gasteiger partial charge in [0.25, 0.3) is 0 Å². The Morgan fingerprint density at radius 3 is 2.72 bits per heavy atom. The maximum Gasteiger partial charge on any atom is 0.128 e. The number of pyridine rings is 1. The Labute approximate surface area is 119 Å². The Morgan fingerprint density at radius 1 is 1.39 bits per heavy atom. The second-order valence-electron chi connectivity index (χ2n) is 5.03. The Morgan fingerprint density at radius 2 is 2.11 bits per heavy atom. The third-order valence-electron chi connectivity index (χ3n) is 3.16. The first-order valence-corrected chi connectivity index (χ1v) is 7.36. The van der Waals surface area contributed by atoms with Crippen LogP contribution in [0.15, 0.2) is 16.7 Å². The molecule has 1 aromatic heterocycles. The molecule has 0 radical (unpaired) electrons. The Balaban J connectivity index is 2.22. The zero-order valence-corrected chi connectivity index (χ0v) is 13.4. The van der Waals surface area contributed by atoms with Gasteiger partial charge in [0.05, 0.1) is 0 Å². The van der Waals surface area contributed by atoms with E-state index in [2.05, 4.69) is 65.0 Å². The molecule has 1 rings (SSSR count). The molecule has 0 spiro atoms. The zero-order chi connectivity index (χ0) is 13.5. The van der Waals surface area contributed by atoms with E-state index < -0.39 is 0 Å². The SMILES string of the molecule is Cc1cc(Br)cnc1NCCCCN(C)C(C)C. The number of nitrogens with zero attached hydrogens (tertiary/aromatic N) is 2. The molecule has 102 valence electrons. The van der Waals surface area contributed by atoms with Crippen LogP contribution in [0.1, 0.15) is 32.3 Å². The van der Waals surface area contributed by atoms with Crippen LogP contribution in [0.2, 0.25) is 0 Å². The highest BCUT2D eigenvalue weighted by atomic mass is 79.9. The third kappa shape index (κ3) is 5.36. The molecule has 0 bridgehead atoms. The van der Waals surface area contributed by atoms with Crippen molar-refractivity contribution in [3.63, 3.8) is 0 Å². The van der Waals surface area contributed by atoms with Crippen LogP contribution in [-0.4, -0.2) is 36.1 Å². The minimum atomic E-state index is 0.633. The number of aryl methyl sites for hydroxylation is 1. The molecular weight excluding hydrogens is 290 g/mol. The molecule has 3 nitrogen and oxygen atoms in total. The fourth-order valence-corrected chi connectivity index (χ4v) is 2.12. The van der Waals surface area contributed by atoms with Gasteiger partial charge in [0.2, 0.25) is 0 Å². The van der Waals surface area contributed by atoms with E-state index in [9.17, 15) is 0 Å². The van der Waals surface area contributed by atoms with Crippen molar-refractivity contribution in [3.05, 3.63) is 22.3 Å². The molecule has 0 unspecified atom stereocenters. The molecule has 1 N–H and O–H groups in total. The van der Waals surface area contributed by atoms with Crippen molar-refractivity contribution < 1.29 is 0 Å². The lowest BCUT2D eigenvalue weighted by atomic mass is 10.2. The highest BCUT2D eigenvalue weighted by Gasteiger charge is 2.03. The van der Waals surface area contributed by atoms with E-state index >= 15 is 0 Å². The van der Waals surface area contributed by atoms with Gasteiger partial charge in [-0.2, -0.15) is 0 Å². The number of anilines is 1. The molecule has 0 aliphatic heterocycles. The number of nitrogens with one attached hydrogen (secondary N) is 1. The number of rotatable bonds is 7. The summed E-state index contributed by atoms with van der Waals surface area (Å²) in [4.78, 5) is 6.75. The summed E-state index contributed by atoms with van der Waals surface area (Å²) in [6.07, 6.45) is 4.23. The largest absolute Gasteiger partial charge is 0.370 e. The summed E-state index contributed by atoms with van der Waals surface area (Å²) in [5, 5.41) is 3.39. The minimum absolute atomic E-state index is 0.633. The van der Waals surface area contributed by atoms with E-state index in [4.69, 9.17) is 0 Å². The molecule has 1 heterocycles. The van der Waals surface area contributed by atoms with Gasteiger partial charge in [-0.1, -0.05) is 0 Å². The van der Waals surface area contributed by atoms with Crippen molar-refractivity contribution in [2.45, 2.75) is 39.7 Å². The second-order valence-corrected chi connectivity index (χ2v) is 5.94. The molecule has 0 amide bonds. The van der Waals surface area contributed by atoms with E-state index in [1.807, 2.05) is 6.20 Å². The molecule has 0 fully saturated rings. The summed E-state index contributed by atoms with van der Waals surface area (Å²) in [6.45, 7) is 8.68. The van der Waals surface area contributed by atoms with Gasteiger partial charge in [-0.15, -0.1) is 0 Å². The molecule has 0 saturated carbocycles. The summed E-state index contributed by atoms with van der Waals surface area (Å²) in [5.41, 5.74) is 1.18. The topological polar surface area (TPSA) is 28.2 Å². The molecular formula is C14H24BrN3. The fraction of sp³-hybridized carbons (Fsp3) is 0.643. The minimum Gasteiger partial charge on any atom is -0.370 e. The van der Waals surface area contributed by atoms with Gasteiger partial charge >= 0.3 is 0 Å². The van der Waals surface area contributed by atoms with Crippen molar-refractivity contribution in [3.8, 4) is 0 Å². The number of aromatic nitrogens is 1. The van der Waals surface area contributed by atoms with Crippen LogP contribution in [0.3, 0.4) is 0 Å². The van der Waals surface area contributed by atoms with Crippen LogP contribution in [0.4, 0.5) is 5.82 Å². The number of halogens is 1. The summed E-state index contributed by atoms with van der Waals surface area (Å²) in [7, 11) is 2.18. The first-order chi connectivity index (χ1) is 8.50. The van der Waals surface area contributed by atoms with E-state index in [0.717, 1.165) is 23.4 Å². The summed E-state index contributed by atoms with van der Waals surface area (Å²) in [5.74, 6) is 0.996. The number of hydrogen-bond donors (Lipinski definition) is 1. The first kappa shape index (κ1) is 15.4. The smallest absolute Gasteiger partial charge is 0.128 e. The van der Waals surface area contributed by atoms with Crippen LogP contribution in [0.25, 0.3) is 0 Å². The van der Waals surface area contributed by atoms with Crippen molar-refractivity contribution in [2.75, 3.05) is 25.5 Å². The molecule has 0 aliphatic carbocycles. The lowest BCUT2D eigenvalue weighted by Crippen LogP contribution is -2.27. The second kappa shape index (κ2) is 7.74. The van der Waals surface area contributed by atoms with Crippen LogP contribution >= 0.6 is 15.9 Å². The average Bonchev–Trinajstić information content (AvgIpc) is 2.30. The molecule has 0 aromatic carbocycles. The van der Waals surface area contributed by atoms with E-state index in [1.54, 1.807) is 0 Å². The third-order valence-corrected chi connectivity index (χ3v) is 3.59. The van der Waals surface area contributed by atoms with E-state index in [0.29, 0.717) is 6.04 Å². The van der Waals surface area contributed by atoms with E-state index in [-0.39, 0.29) is 0 Å². The maximum atomic E-state index is 4.37. The van der Waals surface area contributed by atoms with Crippen molar-refractivity contribution in [2.24, 2.45) is 0 Å². The Kier molecular flexibility index (Phi) is 6.65. The lowest BCUT2D eigenvalue weighted by Gasteiger charge is -2.20. The maximum absolute atomic E-state index is 4.37. The van der Waals surface area contributed by atoms with Gasteiger partial charge in [0.1, 0.15) is 5.82 Å². The van der Waals surface area contributed by atoms with Crippen LogP contribution in [-0.2, 0) is 0 Å². The molecule has 18 heavy (non-hydrogen) atoms. The highest BCUT2D eigenvalue weighted by molar-refractivity contribution is 9.10. The van der Waals surface area contributed by atoms with Gasteiger partial charge in [0, 0.05) is 23.3 Å². The fourth-order valence-electron chi connectivity index (χ4n) is 1.68. The standard InChI is InChI=1S/C14H24BrN3/c1-11(2)18(4)8-6-5-7-16-14-12(3)9-13(15)10-17-14/h9-11H,5-8H2,1-4H3,(H,16,17). The van der Waals surface area contributed by atoms with E-state index in [1.165, 1.54) is 18.4 Å². The van der Waals surface area contributed by atoms with Crippen molar-refractivity contribution in [1.29, 1.82) is 0 Å². The molecule has 0 aliphatic rings. The normalized spacial score (nSPS) is 11.3. The number of hydrogen-bond acceptors (Lipinski definition) is 3. The molecule has 1 aromatic rings. The predicted molar refractivity (Wildman–Crippen MR) is 82.2 cm³/mol. The lowest BCUT2D eigenvalue weighted by molar-refractivity contribution is 0.269. The van der Waals surface area contributed by atoms with Gasteiger partial charge in [-0.05, 0) is 74.8 Å². The van der Waals surface area contributed by atoms with Crippen molar-refractivity contribution in [1.82, 2.24) is 9.88 Å². The van der Waals surface area contributed by atoms with Crippen LogP contribution in [0, 0.1) is 6.92 Å². The van der Waals surface area contributed by atoms with Gasteiger partial charge in [-0.3, -0.25) is 0 Å². The quantitative estimate of drug-likeness (QED) is 0.778. The zero-order valence-electron chi connectivity index (χ0n) is 11.8.